The molecule has 2 heterocycles. The number of ether oxygens (including phenoxy) is 1. The Labute approximate surface area is 121 Å². The Balaban J connectivity index is 1.77. The lowest BCUT2D eigenvalue weighted by Gasteiger charge is -2.33. The highest BCUT2D eigenvalue weighted by Crippen LogP contribution is 2.09. The van der Waals surface area contributed by atoms with Crippen molar-refractivity contribution in [1.29, 1.82) is 0 Å². The minimum Gasteiger partial charge on any atom is -0.379 e. The lowest BCUT2D eigenvalue weighted by atomic mass is 10.2. The first-order valence-corrected chi connectivity index (χ1v) is 7.16. The number of carbonyl (C=O) groups excluding carboxylic acids is 1. The molecule has 0 saturated carbocycles. The van der Waals surface area contributed by atoms with Crippen LogP contribution in [0.1, 0.15) is 17.3 Å². The summed E-state index contributed by atoms with van der Waals surface area (Å²) in [5.41, 5.74) is 0.574. The van der Waals surface area contributed by atoms with Gasteiger partial charge in [-0.05, 0) is 28.9 Å². The molecule has 1 N–H and O–H groups in total. The number of aromatic nitrogens is 1. The number of halogens is 1. The standard InChI is InChI=1S/C13H18BrN3O2/c1-10-9-19-5-4-17(10)3-2-16-13(18)11-6-12(14)8-15-7-11/h6-8,10H,2-5,9H2,1H3,(H,16,18). The fourth-order valence-electron chi connectivity index (χ4n) is 2.04. The van der Waals surface area contributed by atoms with Crippen LogP contribution in [0.4, 0.5) is 0 Å². The van der Waals surface area contributed by atoms with E-state index in [-0.39, 0.29) is 5.91 Å². The maximum Gasteiger partial charge on any atom is 0.252 e. The molecule has 0 spiro atoms. The number of rotatable bonds is 4. The molecule has 0 bridgehead atoms. The third kappa shape index (κ3) is 4.26. The van der Waals surface area contributed by atoms with E-state index in [1.54, 1.807) is 18.5 Å². The summed E-state index contributed by atoms with van der Waals surface area (Å²) in [6.45, 7) is 6.08. The van der Waals surface area contributed by atoms with Crippen molar-refractivity contribution in [3.63, 3.8) is 0 Å². The monoisotopic (exact) mass is 327 g/mol. The molecule has 1 aliphatic rings. The van der Waals surface area contributed by atoms with E-state index in [1.165, 1.54) is 0 Å². The maximum absolute atomic E-state index is 11.9. The summed E-state index contributed by atoms with van der Waals surface area (Å²) >= 11 is 3.30. The van der Waals surface area contributed by atoms with E-state index in [0.29, 0.717) is 18.2 Å². The molecule has 104 valence electrons. The van der Waals surface area contributed by atoms with Crippen LogP contribution in [0.5, 0.6) is 0 Å². The van der Waals surface area contributed by atoms with Gasteiger partial charge in [-0.25, -0.2) is 0 Å². The first kappa shape index (κ1) is 14.4. The first-order valence-electron chi connectivity index (χ1n) is 6.37. The van der Waals surface area contributed by atoms with E-state index in [1.807, 2.05) is 0 Å². The minimum atomic E-state index is -0.0882. The third-order valence-electron chi connectivity index (χ3n) is 3.16. The van der Waals surface area contributed by atoms with Crippen molar-refractivity contribution in [2.45, 2.75) is 13.0 Å². The number of hydrogen-bond donors (Lipinski definition) is 1. The number of nitrogens with one attached hydrogen (secondary N) is 1. The Morgan fingerprint density at radius 3 is 3.21 bits per heavy atom. The van der Waals surface area contributed by atoms with Gasteiger partial charge in [0.05, 0.1) is 18.8 Å². The molecule has 0 aliphatic carbocycles. The fraction of sp³-hybridized carbons (Fsp3) is 0.538. The van der Waals surface area contributed by atoms with Crippen LogP contribution in [-0.4, -0.2) is 54.7 Å². The van der Waals surface area contributed by atoms with Gasteiger partial charge in [-0.2, -0.15) is 0 Å². The normalized spacial score (nSPS) is 20.2. The molecule has 0 radical (unpaired) electrons. The Morgan fingerprint density at radius 1 is 1.63 bits per heavy atom. The van der Waals surface area contributed by atoms with Gasteiger partial charge in [0, 0.05) is 42.5 Å². The van der Waals surface area contributed by atoms with Crippen molar-refractivity contribution in [3.8, 4) is 0 Å². The second-order valence-corrected chi connectivity index (χ2v) is 5.52. The second-order valence-electron chi connectivity index (χ2n) is 4.61. The average molecular weight is 328 g/mol. The molecule has 1 aromatic heterocycles. The third-order valence-corrected chi connectivity index (χ3v) is 3.59. The summed E-state index contributed by atoms with van der Waals surface area (Å²) in [6.07, 6.45) is 3.23. The maximum atomic E-state index is 11.9. The smallest absolute Gasteiger partial charge is 0.252 e. The Kier molecular flexibility index (Phi) is 5.30. The van der Waals surface area contributed by atoms with Crippen LogP contribution >= 0.6 is 15.9 Å². The summed E-state index contributed by atoms with van der Waals surface area (Å²) in [5, 5.41) is 2.91. The lowest BCUT2D eigenvalue weighted by Crippen LogP contribution is -2.46. The van der Waals surface area contributed by atoms with Crippen LogP contribution < -0.4 is 5.32 Å². The summed E-state index contributed by atoms with van der Waals surface area (Å²) in [7, 11) is 0. The molecular weight excluding hydrogens is 310 g/mol. The van der Waals surface area contributed by atoms with Crippen LogP contribution in [-0.2, 0) is 4.74 Å². The van der Waals surface area contributed by atoms with Crippen LogP contribution in [0.2, 0.25) is 0 Å². The molecule has 1 aromatic rings. The number of amides is 1. The number of morpholine rings is 1. The summed E-state index contributed by atoms with van der Waals surface area (Å²) < 4.78 is 6.19. The lowest BCUT2D eigenvalue weighted by molar-refractivity contribution is 0.000540. The Hall–Kier alpha value is -0.980. The van der Waals surface area contributed by atoms with Crippen molar-refractivity contribution in [2.24, 2.45) is 0 Å². The largest absolute Gasteiger partial charge is 0.379 e. The Morgan fingerprint density at radius 2 is 2.47 bits per heavy atom. The highest BCUT2D eigenvalue weighted by molar-refractivity contribution is 9.10. The van der Waals surface area contributed by atoms with Gasteiger partial charge in [-0.1, -0.05) is 0 Å². The second kappa shape index (κ2) is 6.98. The summed E-state index contributed by atoms with van der Waals surface area (Å²) in [5.74, 6) is -0.0882. The molecule has 1 atom stereocenters. The van der Waals surface area contributed by atoms with E-state index in [0.717, 1.165) is 30.8 Å². The molecule has 1 fully saturated rings. The van der Waals surface area contributed by atoms with Crippen LogP contribution in [0.25, 0.3) is 0 Å². The number of pyridine rings is 1. The van der Waals surface area contributed by atoms with E-state index >= 15 is 0 Å². The van der Waals surface area contributed by atoms with Crippen LogP contribution in [0, 0.1) is 0 Å². The highest BCUT2D eigenvalue weighted by Gasteiger charge is 2.18. The summed E-state index contributed by atoms with van der Waals surface area (Å²) in [6, 6.07) is 2.18. The topological polar surface area (TPSA) is 54.5 Å². The van der Waals surface area contributed by atoms with Crippen molar-refractivity contribution in [1.82, 2.24) is 15.2 Å². The van der Waals surface area contributed by atoms with Crippen molar-refractivity contribution >= 4 is 21.8 Å². The predicted octanol–water partition coefficient (Wildman–Crippen LogP) is 1.29. The van der Waals surface area contributed by atoms with Gasteiger partial charge in [-0.3, -0.25) is 14.7 Å². The molecule has 1 aliphatic heterocycles. The van der Waals surface area contributed by atoms with E-state index < -0.39 is 0 Å². The van der Waals surface area contributed by atoms with Crippen LogP contribution in [0.3, 0.4) is 0 Å². The van der Waals surface area contributed by atoms with E-state index in [9.17, 15) is 4.79 Å². The molecule has 1 unspecified atom stereocenters. The van der Waals surface area contributed by atoms with Crippen molar-refractivity contribution in [3.05, 3.63) is 28.5 Å². The molecule has 1 saturated heterocycles. The van der Waals surface area contributed by atoms with Crippen molar-refractivity contribution in [2.75, 3.05) is 32.8 Å². The average Bonchev–Trinajstić information content (AvgIpc) is 2.41. The fourth-order valence-corrected chi connectivity index (χ4v) is 2.41. The number of nitrogens with zero attached hydrogens (tertiary/aromatic N) is 2. The molecule has 0 aromatic carbocycles. The van der Waals surface area contributed by atoms with E-state index in [2.05, 4.69) is 38.1 Å². The van der Waals surface area contributed by atoms with Crippen molar-refractivity contribution < 1.29 is 9.53 Å². The quantitative estimate of drug-likeness (QED) is 0.905. The van der Waals surface area contributed by atoms with Gasteiger partial charge < -0.3 is 10.1 Å². The zero-order chi connectivity index (χ0) is 13.7. The van der Waals surface area contributed by atoms with Gasteiger partial charge in [0.1, 0.15) is 0 Å². The highest BCUT2D eigenvalue weighted by atomic mass is 79.9. The van der Waals surface area contributed by atoms with Gasteiger partial charge in [0.2, 0.25) is 0 Å². The van der Waals surface area contributed by atoms with Crippen LogP contribution in [0.15, 0.2) is 22.9 Å². The van der Waals surface area contributed by atoms with Gasteiger partial charge >= 0.3 is 0 Å². The van der Waals surface area contributed by atoms with Gasteiger partial charge in [0.25, 0.3) is 5.91 Å². The molecule has 6 heteroatoms. The SMILES string of the molecule is CC1COCCN1CCNC(=O)c1cncc(Br)c1. The zero-order valence-electron chi connectivity index (χ0n) is 10.9. The Bertz CT molecular complexity index is 442. The molecule has 1 amide bonds. The minimum absolute atomic E-state index is 0.0882. The number of hydrogen-bond acceptors (Lipinski definition) is 4. The zero-order valence-corrected chi connectivity index (χ0v) is 12.5. The van der Waals surface area contributed by atoms with E-state index in [4.69, 9.17) is 4.74 Å². The van der Waals surface area contributed by atoms with Gasteiger partial charge in [0.15, 0.2) is 0 Å². The molecule has 5 nitrogen and oxygen atoms in total. The molecule has 2 rings (SSSR count). The predicted molar refractivity (Wildman–Crippen MR) is 76.1 cm³/mol. The molecule has 19 heavy (non-hydrogen) atoms. The number of carbonyl (C=O) groups is 1. The molecular formula is C13H18BrN3O2. The van der Waals surface area contributed by atoms with Gasteiger partial charge in [-0.15, -0.1) is 0 Å². The first-order chi connectivity index (χ1) is 9.16. The summed E-state index contributed by atoms with van der Waals surface area (Å²) in [4.78, 5) is 18.2.